The fourth-order valence-corrected chi connectivity index (χ4v) is 4.05. The van der Waals surface area contributed by atoms with Gasteiger partial charge in [0.1, 0.15) is 18.2 Å². The van der Waals surface area contributed by atoms with Crippen LogP contribution in [-0.2, 0) is 24.3 Å². The number of rotatable bonds is 5. The van der Waals surface area contributed by atoms with E-state index in [0.29, 0.717) is 29.0 Å². The highest BCUT2D eigenvalue weighted by Crippen LogP contribution is 2.44. The minimum absolute atomic E-state index is 0.0668. The van der Waals surface area contributed by atoms with Crippen molar-refractivity contribution < 1.29 is 9.13 Å². The maximum Gasteiger partial charge on any atom is 0.191 e. The van der Waals surface area contributed by atoms with Crippen LogP contribution < -0.4 is 10.6 Å². The number of hydrogen-bond donors (Lipinski definition) is 2. The first-order valence-electron chi connectivity index (χ1n) is 9.44. The van der Waals surface area contributed by atoms with E-state index in [2.05, 4.69) is 25.7 Å². The van der Waals surface area contributed by atoms with Crippen molar-refractivity contribution in [2.75, 3.05) is 14.2 Å². The van der Waals surface area contributed by atoms with E-state index >= 15 is 0 Å². The molecule has 1 aliphatic heterocycles. The van der Waals surface area contributed by atoms with Gasteiger partial charge in [0.05, 0.1) is 6.54 Å². The van der Waals surface area contributed by atoms with Crippen molar-refractivity contribution in [1.29, 1.82) is 0 Å². The molecule has 1 aliphatic carbocycles. The maximum atomic E-state index is 14.1. The molecule has 3 atom stereocenters. The van der Waals surface area contributed by atoms with Gasteiger partial charge in [-0.25, -0.2) is 14.1 Å². The van der Waals surface area contributed by atoms with Crippen molar-refractivity contribution in [3.05, 3.63) is 46.3 Å². The van der Waals surface area contributed by atoms with Gasteiger partial charge in [-0.1, -0.05) is 17.7 Å². The summed E-state index contributed by atoms with van der Waals surface area (Å²) >= 11 is 6.19. The van der Waals surface area contributed by atoms with Gasteiger partial charge < -0.3 is 15.4 Å². The van der Waals surface area contributed by atoms with Crippen LogP contribution in [0.3, 0.4) is 0 Å². The lowest BCUT2D eigenvalue weighted by Gasteiger charge is -2.25. The molecule has 1 aromatic heterocycles. The fourth-order valence-electron chi connectivity index (χ4n) is 3.75. The number of aromatic nitrogens is 3. The molecule has 0 bridgehead atoms. The van der Waals surface area contributed by atoms with Crippen LogP contribution in [0.1, 0.15) is 36.0 Å². The molecule has 9 heteroatoms. The maximum absolute atomic E-state index is 14.1. The Morgan fingerprint density at radius 3 is 3.04 bits per heavy atom. The third kappa shape index (κ3) is 3.98. The van der Waals surface area contributed by atoms with Crippen LogP contribution in [0.15, 0.2) is 23.2 Å². The molecule has 0 amide bonds. The van der Waals surface area contributed by atoms with Crippen LogP contribution in [0.4, 0.5) is 4.39 Å². The summed E-state index contributed by atoms with van der Waals surface area (Å²) in [6.07, 6.45) is 2.63. The highest BCUT2D eigenvalue weighted by atomic mass is 35.5. The number of guanidine groups is 1. The summed E-state index contributed by atoms with van der Waals surface area (Å²) in [5.41, 5.74) is 0.590. The molecule has 0 saturated heterocycles. The van der Waals surface area contributed by atoms with Crippen molar-refractivity contribution >= 4 is 17.6 Å². The summed E-state index contributed by atoms with van der Waals surface area (Å²) in [6.45, 7) is 1.14. The monoisotopic (exact) mass is 406 g/mol. The molecular weight excluding hydrogens is 383 g/mol. The summed E-state index contributed by atoms with van der Waals surface area (Å²) in [5.74, 6) is 2.23. The van der Waals surface area contributed by atoms with Crippen LogP contribution >= 0.6 is 11.6 Å². The summed E-state index contributed by atoms with van der Waals surface area (Å²) in [4.78, 5) is 8.83. The van der Waals surface area contributed by atoms with Crippen LogP contribution in [0.5, 0.6) is 0 Å². The zero-order valence-electron chi connectivity index (χ0n) is 16.0. The molecule has 2 heterocycles. The number of nitrogens with one attached hydrogen (secondary N) is 2. The zero-order chi connectivity index (χ0) is 19.7. The topological polar surface area (TPSA) is 76.4 Å². The Labute approximate surface area is 168 Å². The molecule has 3 unspecified atom stereocenters. The Bertz CT molecular complexity index is 865. The van der Waals surface area contributed by atoms with E-state index in [1.54, 1.807) is 26.3 Å². The normalized spacial score (nSPS) is 24.0. The smallest absolute Gasteiger partial charge is 0.191 e. The van der Waals surface area contributed by atoms with Gasteiger partial charge in [0.2, 0.25) is 0 Å². The molecule has 1 saturated carbocycles. The number of fused-ring (bicyclic) bond motifs is 1. The minimum Gasteiger partial charge on any atom is -0.377 e. The van der Waals surface area contributed by atoms with Gasteiger partial charge in [0.15, 0.2) is 11.8 Å². The van der Waals surface area contributed by atoms with Gasteiger partial charge in [0.25, 0.3) is 0 Å². The SMILES string of the molecule is CN=C(NC1CCc2nc(COC)nn2C1)NC1CC1c1c(F)cccc1Cl. The molecule has 0 radical (unpaired) electrons. The molecular formula is C19H24ClFN6O. The third-order valence-corrected chi connectivity index (χ3v) is 5.55. The Morgan fingerprint density at radius 2 is 2.29 bits per heavy atom. The van der Waals surface area contributed by atoms with Gasteiger partial charge in [-0.15, -0.1) is 0 Å². The van der Waals surface area contributed by atoms with E-state index in [9.17, 15) is 4.39 Å². The van der Waals surface area contributed by atoms with Crippen molar-refractivity contribution in [3.63, 3.8) is 0 Å². The third-order valence-electron chi connectivity index (χ3n) is 5.22. The lowest BCUT2D eigenvalue weighted by Crippen LogP contribution is -2.47. The first kappa shape index (κ1) is 19.1. The zero-order valence-corrected chi connectivity index (χ0v) is 16.7. The average molecular weight is 407 g/mol. The highest BCUT2D eigenvalue weighted by molar-refractivity contribution is 6.31. The average Bonchev–Trinajstić information content (AvgIpc) is 3.29. The molecule has 7 nitrogen and oxygen atoms in total. The predicted octanol–water partition coefficient (Wildman–Crippen LogP) is 2.25. The number of ether oxygens (including phenoxy) is 1. The number of methoxy groups -OCH3 is 1. The molecule has 2 aliphatic rings. The van der Waals surface area contributed by atoms with Gasteiger partial charge in [-0.3, -0.25) is 4.99 Å². The lowest BCUT2D eigenvalue weighted by atomic mass is 10.1. The Hall–Kier alpha value is -2.19. The van der Waals surface area contributed by atoms with Crippen molar-refractivity contribution in [2.45, 2.75) is 50.4 Å². The Kier molecular flexibility index (Phi) is 5.50. The molecule has 28 heavy (non-hydrogen) atoms. The van der Waals surface area contributed by atoms with E-state index in [0.717, 1.165) is 31.6 Å². The van der Waals surface area contributed by atoms with Gasteiger partial charge >= 0.3 is 0 Å². The number of halogens is 2. The fraction of sp³-hybridized carbons (Fsp3) is 0.526. The second-order valence-corrected chi connectivity index (χ2v) is 7.65. The Morgan fingerprint density at radius 1 is 1.43 bits per heavy atom. The lowest BCUT2D eigenvalue weighted by molar-refractivity contribution is 0.177. The standard InChI is InChI=1S/C19H24ClFN6O/c1-22-19(24-15-8-12(15)18-13(20)4-3-5-14(18)21)23-11-6-7-17-25-16(10-28-2)26-27(17)9-11/h3-5,11-12,15H,6-10H2,1-2H3,(H2,22,23,24). The first-order valence-corrected chi connectivity index (χ1v) is 9.82. The molecule has 1 fully saturated rings. The number of nitrogens with zero attached hydrogens (tertiary/aromatic N) is 4. The van der Waals surface area contributed by atoms with Crippen LogP contribution in [0.2, 0.25) is 5.02 Å². The summed E-state index contributed by atoms with van der Waals surface area (Å²) in [7, 11) is 3.38. The van der Waals surface area contributed by atoms with Crippen molar-refractivity contribution in [2.24, 2.45) is 4.99 Å². The van der Waals surface area contributed by atoms with E-state index in [1.807, 2.05) is 4.68 Å². The van der Waals surface area contributed by atoms with Gasteiger partial charge in [-0.2, -0.15) is 5.10 Å². The second-order valence-electron chi connectivity index (χ2n) is 7.24. The van der Waals surface area contributed by atoms with Gasteiger partial charge in [0, 0.05) is 49.2 Å². The van der Waals surface area contributed by atoms with Crippen LogP contribution in [0, 0.1) is 5.82 Å². The Balaban J connectivity index is 1.35. The van der Waals surface area contributed by atoms with Gasteiger partial charge in [-0.05, 0) is 25.0 Å². The first-order chi connectivity index (χ1) is 13.6. The molecule has 4 rings (SSSR count). The van der Waals surface area contributed by atoms with E-state index in [-0.39, 0.29) is 23.8 Å². The molecule has 150 valence electrons. The van der Waals surface area contributed by atoms with Crippen molar-refractivity contribution in [3.8, 4) is 0 Å². The van der Waals surface area contributed by atoms with E-state index in [1.165, 1.54) is 6.07 Å². The summed E-state index contributed by atoms with van der Waals surface area (Å²) in [6, 6.07) is 5.15. The van der Waals surface area contributed by atoms with Crippen LogP contribution in [-0.4, -0.2) is 47.0 Å². The molecule has 0 spiro atoms. The number of benzene rings is 1. The number of aliphatic imine (C=N–C) groups is 1. The summed E-state index contributed by atoms with van der Waals surface area (Å²) in [5, 5.41) is 11.8. The predicted molar refractivity (Wildman–Crippen MR) is 105 cm³/mol. The molecule has 2 N–H and O–H groups in total. The number of hydrogen-bond acceptors (Lipinski definition) is 4. The second kappa shape index (κ2) is 8.05. The minimum atomic E-state index is -0.248. The largest absolute Gasteiger partial charge is 0.377 e. The van der Waals surface area contributed by atoms with E-state index in [4.69, 9.17) is 16.3 Å². The van der Waals surface area contributed by atoms with Crippen LogP contribution in [0.25, 0.3) is 0 Å². The molecule has 1 aromatic carbocycles. The van der Waals surface area contributed by atoms with E-state index < -0.39 is 0 Å². The van der Waals surface area contributed by atoms with Crippen molar-refractivity contribution in [1.82, 2.24) is 25.4 Å². The number of aryl methyl sites for hydroxylation is 1. The summed E-state index contributed by atoms with van der Waals surface area (Å²) < 4.78 is 21.2. The quantitative estimate of drug-likeness (QED) is 0.588. The highest BCUT2D eigenvalue weighted by Gasteiger charge is 2.42. The molecule has 2 aromatic rings.